The zero-order chi connectivity index (χ0) is 14.7. The summed E-state index contributed by atoms with van der Waals surface area (Å²) in [5.74, 6) is -0.334. The minimum atomic E-state index is -0.186. The number of carbonyl (C=O) groups excluding carboxylic acids is 1. The molecule has 2 aromatic carbocycles. The zero-order valence-electron chi connectivity index (χ0n) is 12.1. The molecule has 1 N–H and O–H groups in total. The van der Waals surface area contributed by atoms with Crippen LogP contribution >= 0.6 is 0 Å². The van der Waals surface area contributed by atoms with E-state index in [0.717, 1.165) is 21.9 Å². The first-order chi connectivity index (χ1) is 9.51. The minimum absolute atomic E-state index is 0.148. The summed E-state index contributed by atoms with van der Waals surface area (Å²) in [5.41, 5.74) is 2.59. The van der Waals surface area contributed by atoms with Gasteiger partial charge in [-0.3, -0.25) is 4.79 Å². The second kappa shape index (κ2) is 5.87. The topological polar surface area (TPSA) is 50.2 Å². The van der Waals surface area contributed by atoms with E-state index in [-0.39, 0.29) is 11.9 Å². The number of rotatable bonds is 4. The van der Waals surface area contributed by atoms with Gasteiger partial charge in [0.25, 0.3) is 0 Å². The Morgan fingerprint density at radius 2 is 1.90 bits per heavy atom. The maximum atomic E-state index is 11.5. The maximum Gasteiger partial charge on any atom is 0.308 e. The Labute approximate surface area is 119 Å². The van der Waals surface area contributed by atoms with Gasteiger partial charge < -0.3 is 10.1 Å². The van der Waals surface area contributed by atoms with Gasteiger partial charge >= 0.3 is 5.97 Å². The van der Waals surface area contributed by atoms with E-state index in [1.54, 1.807) is 6.92 Å². The van der Waals surface area contributed by atoms with Crippen LogP contribution in [-0.2, 0) is 16.0 Å². The lowest BCUT2D eigenvalue weighted by atomic mass is 9.97. The number of nitrogens with one attached hydrogen (secondary N) is 1. The average Bonchev–Trinajstić information content (AvgIpc) is 2.45. The molecule has 0 heterocycles. The van der Waals surface area contributed by atoms with E-state index in [2.05, 4.69) is 12.1 Å². The Hall–Kier alpha value is -2.16. The minimum Gasteiger partial charge on any atom is -0.469 e. The average molecular weight is 269 g/mol. The third-order valence-corrected chi connectivity index (χ3v) is 3.48. The second-order valence-corrected chi connectivity index (χ2v) is 5.15. The SMILES string of the molecule is COC(=O)C(C)Cc1ccc2ccc(C(C)=N)cc2c1. The van der Waals surface area contributed by atoms with Gasteiger partial charge in [-0.25, -0.2) is 0 Å². The lowest BCUT2D eigenvalue weighted by molar-refractivity contribution is -0.144. The molecule has 1 atom stereocenters. The van der Waals surface area contributed by atoms with Gasteiger partial charge in [-0.2, -0.15) is 0 Å². The molecule has 20 heavy (non-hydrogen) atoms. The smallest absolute Gasteiger partial charge is 0.308 e. The Morgan fingerprint density at radius 3 is 2.55 bits per heavy atom. The van der Waals surface area contributed by atoms with Gasteiger partial charge in [0, 0.05) is 5.71 Å². The lowest BCUT2D eigenvalue weighted by Gasteiger charge is -2.10. The van der Waals surface area contributed by atoms with Crippen LogP contribution in [0.4, 0.5) is 0 Å². The Morgan fingerprint density at radius 1 is 1.20 bits per heavy atom. The van der Waals surface area contributed by atoms with Gasteiger partial charge in [-0.05, 0) is 41.3 Å². The summed E-state index contributed by atoms with van der Waals surface area (Å²) >= 11 is 0. The van der Waals surface area contributed by atoms with Gasteiger partial charge in [-0.1, -0.05) is 37.3 Å². The van der Waals surface area contributed by atoms with Gasteiger partial charge in [0.1, 0.15) is 0 Å². The second-order valence-electron chi connectivity index (χ2n) is 5.15. The number of hydrogen-bond donors (Lipinski definition) is 1. The fraction of sp³-hybridized carbons (Fsp3) is 0.294. The van der Waals surface area contributed by atoms with Gasteiger partial charge in [-0.15, -0.1) is 0 Å². The first-order valence-electron chi connectivity index (χ1n) is 6.67. The highest BCUT2D eigenvalue weighted by Gasteiger charge is 2.13. The van der Waals surface area contributed by atoms with Crippen molar-refractivity contribution < 1.29 is 9.53 Å². The number of esters is 1. The highest BCUT2D eigenvalue weighted by molar-refractivity contribution is 6.00. The van der Waals surface area contributed by atoms with Crippen LogP contribution in [0, 0.1) is 11.3 Å². The molecule has 0 amide bonds. The summed E-state index contributed by atoms with van der Waals surface area (Å²) in [7, 11) is 1.42. The number of benzene rings is 2. The molecule has 3 nitrogen and oxygen atoms in total. The van der Waals surface area contributed by atoms with E-state index in [1.807, 2.05) is 31.2 Å². The predicted octanol–water partition coefficient (Wildman–Crippen LogP) is 3.58. The van der Waals surface area contributed by atoms with Crippen molar-refractivity contribution in [1.82, 2.24) is 0 Å². The van der Waals surface area contributed by atoms with Crippen molar-refractivity contribution in [2.75, 3.05) is 7.11 Å². The Balaban J connectivity index is 2.32. The maximum absolute atomic E-state index is 11.5. The molecule has 0 bridgehead atoms. The van der Waals surface area contributed by atoms with Crippen molar-refractivity contribution in [3.05, 3.63) is 47.5 Å². The highest BCUT2D eigenvalue weighted by atomic mass is 16.5. The van der Waals surface area contributed by atoms with Crippen molar-refractivity contribution in [3.63, 3.8) is 0 Å². The molecule has 1 unspecified atom stereocenters. The van der Waals surface area contributed by atoms with Crippen LogP contribution < -0.4 is 0 Å². The Bertz CT molecular complexity index is 661. The van der Waals surface area contributed by atoms with E-state index in [4.69, 9.17) is 10.1 Å². The van der Waals surface area contributed by atoms with Gasteiger partial charge in [0.05, 0.1) is 13.0 Å². The summed E-state index contributed by atoms with van der Waals surface area (Å²) in [6.45, 7) is 3.65. The summed E-state index contributed by atoms with van der Waals surface area (Å²) in [4.78, 5) is 11.5. The van der Waals surface area contributed by atoms with Crippen molar-refractivity contribution >= 4 is 22.5 Å². The van der Waals surface area contributed by atoms with Crippen LogP contribution in [0.15, 0.2) is 36.4 Å². The molecule has 2 aromatic rings. The number of fused-ring (bicyclic) bond motifs is 1. The van der Waals surface area contributed by atoms with Crippen LogP contribution in [0.2, 0.25) is 0 Å². The lowest BCUT2D eigenvalue weighted by Crippen LogP contribution is -2.15. The fourth-order valence-electron chi connectivity index (χ4n) is 2.29. The number of methoxy groups -OCH3 is 1. The highest BCUT2D eigenvalue weighted by Crippen LogP contribution is 2.20. The quantitative estimate of drug-likeness (QED) is 0.681. The van der Waals surface area contributed by atoms with Crippen molar-refractivity contribution in [2.24, 2.45) is 5.92 Å². The van der Waals surface area contributed by atoms with Crippen LogP contribution in [-0.4, -0.2) is 18.8 Å². The number of hydrogen-bond acceptors (Lipinski definition) is 3. The Kier molecular flexibility index (Phi) is 4.18. The first kappa shape index (κ1) is 14.3. The largest absolute Gasteiger partial charge is 0.469 e. The van der Waals surface area contributed by atoms with Crippen LogP contribution in [0.5, 0.6) is 0 Å². The molecule has 0 radical (unpaired) electrons. The van der Waals surface area contributed by atoms with Crippen molar-refractivity contribution in [3.8, 4) is 0 Å². The molecule has 0 aliphatic carbocycles. The standard InChI is InChI=1S/C17H19NO2/c1-11(17(19)20-3)8-13-4-5-14-6-7-15(12(2)18)10-16(14)9-13/h4-7,9-11,18H,8H2,1-3H3. The number of ether oxygens (including phenoxy) is 1. The molecule has 3 heteroatoms. The molecule has 104 valence electrons. The molecule has 0 saturated heterocycles. The summed E-state index contributed by atoms with van der Waals surface area (Å²) in [5, 5.41) is 9.94. The monoisotopic (exact) mass is 269 g/mol. The van der Waals surface area contributed by atoms with E-state index >= 15 is 0 Å². The van der Waals surface area contributed by atoms with Crippen molar-refractivity contribution in [1.29, 1.82) is 5.41 Å². The van der Waals surface area contributed by atoms with E-state index < -0.39 is 0 Å². The van der Waals surface area contributed by atoms with Crippen LogP contribution in [0.3, 0.4) is 0 Å². The van der Waals surface area contributed by atoms with E-state index in [1.165, 1.54) is 7.11 Å². The molecule has 0 aromatic heterocycles. The predicted molar refractivity (Wildman–Crippen MR) is 81.3 cm³/mol. The van der Waals surface area contributed by atoms with Crippen LogP contribution in [0.1, 0.15) is 25.0 Å². The molecule has 0 saturated carbocycles. The molecule has 0 fully saturated rings. The normalized spacial score (nSPS) is 12.2. The van der Waals surface area contributed by atoms with Gasteiger partial charge in [0.15, 0.2) is 0 Å². The van der Waals surface area contributed by atoms with E-state index in [0.29, 0.717) is 12.1 Å². The number of carbonyl (C=O) groups is 1. The summed E-state index contributed by atoms with van der Waals surface area (Å²) < 4.78 is 4.76. The molecule has 0 aliphatic heterocycles. The first-order valence-corrected chi connectivity index (χ1v) is 6.67. The molecular weight excluding hydrogens is 250 g/mol. The fourth-order valence-corrected chi connectivity index (χ4v) is 2.29. The molecular formula is C17H19NO2. The van der Waals surface area contributed by atoms with Crippen LogP contribution in [0.25, 0.3) is 10.8 Å². The summed E-state index contributed by atoms with van der Waals surface area (Å²) in [6.07, 6.45) is 0.663. The van der Waals surface area contributed by atoms with E-state index in [9.17, 15) is 4.79 Å². The van der Waals surface area contributed by atoms with Crippen molar-refractivity contribution in [2.45, 2.75) is 20.3 Å². The molecule has 2 rings (SSSR count). The third-order valence-electron chi connectivity index (χ3n) is 3.48. The molecule has 0 spiro atoms. The summed E-state index contributed by atoms with van der Waals surface area (Å²) in [6, 6.07) is 12.2. The zero-order valence-corrected chi connectivity index (χ0v) is 12.1. The third kappa shape index (κ3) is 3.05. The van der Waals surface area contributed by atoms with Gasteiger partial charge in [0.2, 0.25) is 0 Å². The molecule has 0 aliphatic rings.